The second-order valence-corrected chi connectivity index (χ2v) is 6.63. The van der Waals surface area contributed by atoms with Gasteiger partial charge in [-0.05, 0) is 41.4 Å². The molecule has 7 heteroatoms. The van der Waals surface area contributed by atoms with E-state index in [2.05, 4.69) is 30.0 Å². The maximum Gasteiger partial charge on any atom is 0.276 e. The topological polar surface area (TPSA) is 79.5 Å². The largest absolute Gasteiger partial charge is 0.483 e. The Morgan fingerprint density at radius 2 is 1.71 bits per heavy atom. The first kappa shape index (κ1) is 21.1. The van der Waals surface area contributed by atoms with Gasteiger partial charge in [-0.15, -0.1) is 0 Å². The second-order valence-electron chi connectivity index (χ2n) is 6.22. The quantitative estimate of drug-likeness (QED) is 0.397. The number of rotatable bonds is 6. The SMILES string of the molecule is CC(C)c1ccccc1OCC(=O)NNC(=S)NC(=O)/C=C/c1ccccc1. The molecule has 0 aliphatic heterocycles. The predicted molar refractivity (Wildman–Crippen MR) is 114 cm³/mol. The molecule has 2 aromatic carbocycles. The molecule has 0 aliphatic rings. The van der Waals surface area contributed by atoms with Crippen LogP contribution in [-0.2, 0) is 9.59 Å². The summed E-state index contributed by atoms with van der Waals surface area (Å²) in [5, 5.41) is 2.43. The first-order chi connectivity index (χ1) is 13.5. The van der Waals surface area contributed by atoms with Crippen LogP contribution in [0.15, 0.2) is 60.7 Å². The summed E-state index contributed by atoms with van der Waals surface area (Å²) < 4.78 is 5.57. The van der Waals surface area contributed by atoms with Gasteiger partial charge in [-0.25, -0.2) is 0 Å². The van der Waals surface area contributed by atoms with E-state index in [0.717, 1.165) is 11.1 Å². The van der Waals surface area contributed by atoms with Crippen LogP contribution in [0.2, 0.25) is 0 Å². The molecule has 3 N–H and O–H groups in total. The smallest absolute Gasteiger partial charge is 0.276 e. The Balaban J connectivity index is 1.73. The van der Waals surface area contributed by atoms with E-state index in [9.17, 15) is 9.59 Å². The van der Waals surface area contributed by atoms with Crippen LogP contribution in [0.3, 0.4) is 0 Å². The Bertz CT molecular complexity index is 851. The summed E-state index contributed by atoms with van der Waals surface area (Å²) in [5.41, 5.74) is 6.77. The van der Waals surface area contributed by atoms with Crippen LogP contribution >= 0.6 is 12.2 Å². The number of nitrogens with one attached hydrogen (secondary N) is 3. The number of thiocarbonyl (C=S) groups is 1. The molecule has 0 fully saturated rings. The van der Waals surface area contributed by atoms with Crippen molar-refractivity contribution in [3.63, 3.8) is 0 Å². The summed E-state index contributed by atoms with van der Waals surface area (Å²) in [6.45, 7) is 3.93. The van der Waals surface area contributed by atoms with Crippen molar-refractivity contribution in [2.75, 3.05) is 6.61 Å². The number of carbonyl (C=O) groups is 2. The Morgan fingerprint density at radius 1 is 1.04 bits per heavy atom. The fourth-order valence-corrected chi connectivity index (χ4v) is 2.47. The van der Waals surface area contributed by atoms with E-state index in [4.69, 9.17) is 17.0 Å². The Morgan fingerprint density at radius 3 is 2.43 bits per heavy atom. The minimum absolute atomic E-state index is 0.0151. The van der Waals surface area contributed by atoms with Gasteiger partial charge in [-0.3, -0.25) is 25.8 Å². The first-order valence-corrected chi connectivity index (χ1v) is 9.21. The highest BCUT2D eigenvalue weighted by Gasteiger charge is 2.09. The van der Waals surface area contributed by atoms with Crippen LogP contribution in [0.4, 0.5) is 0 Å². The van der Waals surface area contributed by atoms with Gasteiger partial charge in [0.1, 0.15) is 5.75 Å². The molecular formula is C21H23N3O3S. The molecule has 0 aromatic heterocycles. The van der Waals surface area contributed by atoms with Crippen LogP contribution in [0, 0.1) is 0 Å². The third kappa shape index (κ3) is 7.20. The van der Waals surface area contributed by atoms with Crippen molar-refractivity contribution in [2.24, 2.45) is 0 Å². The summed E-state index contributed by atoms with van der Waals surface area (Å²) >= 11 is 4.98. The fraction of sp³-hybridized carbons (Fsp3) is 0.190. The third-order valence-electron chi connectivity index (χ3n) is 3.68. The van der Waals surface area contributed by atoms with Crippen molar-refractivity contribution in [3.05, 3.63) is 71.8 Å². The normalized spacial score (nSPS) is 10.5. The monoisotopic (exact) mass is 397 g/mol. The van der Waals surface area contributed by atoms with E-state index in [1.165, 1.54) is 6.08 Å². The maximum absolute atomic E-state index is 11.9. The highest BCUT2D eigenvalue weighted by atomic mass is 32.1. The van der Waals surface area contributed by atoms with E-state index in [1.54, 1.807) is 6.08 Å². The van der Waals surface area contributed by atoms with E-state index in [-0.39, 0.29) is 17.6 Å². The summed E-state index contributed by atoms with van der Waals surface area (Å²) in [4.78, 5) is 23.7. The zero-order valence-electron chi connectivity index (χ0n) is 15.8. The van der Waals surface area contributed by atoms with Gasteiger partial charge >= 0.3 is 0 Å². The number of amides is 2. The molecule has 0 saturated carbocycles. The van der Waals surface area contributed by atoms with Crippen molar-refractivity contribution in [1.82, 2.24) is 16.2 Å². The molecule has 146 valence electrons. The molecule has 0 aliphatic carbocycles. The fourth-order valence-electron chi connectivity index (χ4n) is 2.32. The van der Waals surface area contributed by atoms with Crippen LogP contribution in [0.1, 0.15) is 30.9 Å². The lowest BCUT2D eigenvalue weighted by Crippen LogP contribution is -2.49. The van der Waals surface area contributed by atoms with Crippen LogP contribution in [-0.4, -0.2) is 23.5 Å². The highest BCUT2D eigenvalue weighted by molar-refractivity contribution is 7.80. The molecule has 0 saturated heterocycles. The number of hydrogen-bond acceptors (Lipinski definition) is 4. The van der Waals surface area contributed by atoms with Gasteiger partial charge in [0.2, 0.25) is 5.91 Å². The van der Waals surface area contributed by atoms with E-state index >= 15 is 0 Å². The van der Waals surface area contributed by atoms with Gasteiger partial charge in [0.05, 0.1) is 0 Å². The van der Waals surface area contributed by atoms with Crippen molar-refractivity contribution < 1.29 is 14.3 Å². The Labute approximate surface area is 169 Å². The lowest BCUT2D eigenvalue weighted by Gasteiger charge is -2.14. The van der Waals surface area contributed by atoms with Crippen LogP contribution < -0.4 is 20.9 Å². The van der Waals surface area contributed by atoms with Gasteiger partial charge in [0.25, 0.3) is 5.91 Å². The van der Waals surface area contributed by atoms with Gasteiger partial charge < -0.3 is 4.74 Å². The molecule has 28 heavy (non-hydrogen) atoms. The van der Waals surface area contributed by atoms with Gasteiger partial charge in [0, 0.05) is 6.08 Å². The molecule has 0 heterocycles. The molecule has 0 unspecified atom stereocenters. The van der Waals surface area contributed by atoms with Crippen molar-refractivity contribution >= 4 is 35.2 Å². The van der Waals surface area contributed by atoms with Crippen molar-refractivity contribution in [2.45, 2.75) is 19.8 Å². The van der Waals surface area contributed by atoms with Crippen molar-refractivity contribution in [1.29, 1.82) is 0 Å². The lowest BCUT2D eigenvalue weighted by molar-refractivity contribution is -0.123. The number of para-hydroxylation sites is 1. The van der Waals surface area contributed by atoms with Crippen molar-refractivity contribution in [3.8, 4) is 5.75 Å². The van der Waals surface area contributed by atoms with E-state index in [1.807, 2.05) is 54.6 Å². The lowest BCUT2D eigenvalue weighted by atomic mass is 10.0. The average Bonchev–Trinajstić information content (AvgIpc) is 2.70. The standard InChI is InChI=1S/C21H23N3O3S/c1-15(2)17-10-6-7-11-18(17)27-14-20(26)23-24-21(28)22-19(25)13-12-16-8-4-3-5-9-16/h3-13,15H,14H2,1-2H3,(H,23,26)(H2,22,24,25,28)/b13-12+. The molecule has 0 bridgehead atoms. The molecule has 6 nitrogen and oxygen atoms in total. The van der Waals surface area contributed by atoms with Gasteiger partial charge in [-0.1, -0.05) is 62.4 Å². The summed E-state index contributed by atoms with van der Waals surface area (Å²) in [6, 6.07) is 17.0. The predicted octanol–water partition coefficient (Wildman–Crippen LogP) is 2.92. The molecule has 0 radical (unpaired) electrons. The second kappa shape index (κ2) is 10.8. The zero-order chi connectivity index (χ0) is 20.4. The highest BCUT2D eigenvalue weighted by Crippen LogP contribution is 2.25. The molecule has 2 rings (SSSR count). The van der Waals surface area contributed by atoms with E-state index in [0.29, 0.717) is 5.75 Å². The van der Waals surface area contributed by atoms with Crippen LogP contribution in [0.5, 0.6) is 5.75 Å². The van der Waals surface area contributed by atoms with E-state index < -0.39 is 11.8 Å². The number of ether oxygens (including phenoxy) is 1. The summed E-state index contributed by atoms with van der Waals surface area (Å²) in [7, 11) is 0. The third-order valence-corrected chi connectivity index (χ3v) is 3.88. The minimum atomic E-state index is -0.421. The van der Waals surface area contributed by atoms with Gasteiger partial charge in [0.15, 0.2) is 11.7 Å². The number of benzene rings is 2. The Kier molecular flexibility index (Phi) is 8.17. The first-order valence-electron chi connectivity index (χ1n) is 8.80. The number of hydrogen-bond donors (Lipinski definition) is 3. The molecule has 2 amide bonds. The molecule has 0 atom stereocenters. The van der Waals surface area contributed by atoms with Gasteiger partial charge in [-0.2, -0.15) is 0 Å². The number of hydrazine groups is 1. The molecule has 2 aromatic rings. The maximum atomic E-state index is 11.9. The average molecular weight is 398 g/mol. The minimum Gasteiger partial charge on any atom is -0.483 e. The summed E-state index contributed by atoms with van der Waals surface area (Å²) in [6.07, 6.45) is 3.02. The molecule has 0 spiro atoms. The summed E-state index contributed by atoms with van der Waals surface area (Å²) in [5.74, 6) is 0.117. The Hall–Kier alpha value is -3.19. The van der Waals surface area contributed by atoms with Crippen LogP contribution in [0.25, 0.3) is 6.08 Å². The zero-order valence-corrected chi connectivity index (χ0v) is 16.6. The molecular weight excluding hydrogens is 374 g/mol. The number of carbonyl (C=O) groups excluding carboxylic acids is 2.